The fourth-order valence-corrected chi connectivity index (χ4v) is 3.32. The first-order chi connectivity index (χ1) is 11.6. The van der Waals surface area contributed by atoms with Crippen molar-refractivity contribution in [1.82, 2.24) is 14.7 Å². The van der Waals surface area contributed by atoms with Crippen molar-refractivity contribution in [2.45, 2.75) is 38.3 Å². The van der Waals surface area contributed by atoms with Gasteiger partial charge in [-0.2, -0.15) is 5.10 Å². The van der Waals surface area contributed by atoms with Gasteiger partial charge in [0.25, 0.3) is 0 Å². The molecular formula is C18H22N4O2. The van der Waals surface area contributed by atoms with Crippen LogP contribution in [0.15, 0.2) is 42.7 Å². The molecule has 6 heteroatoms. The number of amides is 2. The Bertz CT molecular complexity index is 712. The quantitative estimate of drug-likeness (QED) is 0.906. The van der Waals surface area contributed by atoms with E-state index in [9.17, 15) is 9.59 Å². The van der Waals surface area contributed by atoms with E-state index >= 15 is 0 Å². The van der Waals surface area contributed by atoms with Gasteiger partial charge in [-0.25, -0.2) is 0 Å². The highest BCUT2D eigenvalue weighted by atomic mass is 16.2. The molecule has 24 heavy (non-hydrogen) atoms. The number of nitrogens with two attached hydrogens (primary N) is 1. The van der Waals surface area contributed by atoms with Crippen LogP contribution in [0, 0.1) is 0 Å². The Labute approximate surface area is 141 Å². The predicted molar refractivity (Wildman–Crippen MR) is 90.2 cm³/mol. The van der Waals surface area contributed by atoms with E-state index in [1.807, 2.05) is 27.9 Å². The number of rotatable bonds is 5. The molecule has 1 aliphatic heterocycles. The number of aromatic nitrogens is 2. The zero-order chi connectivity index (χ0) is 16.9. The molecule has 1 saturated heterocycles. The third-order valence-corrected chi connectivity index (χ3v) is 4.53. The maximum atomic E-state index is 12.8. The van der Waals surface area contributed by atoms with Crippen molar-refractivity contribution in [3.05, 3.63) is 53.9 Å². The highest BCUT2D eigenvalue weighted by Gasteiger charge is 2.27. The lowest BCUT2D eigenvalue weighted by atomic mass is 9.99. The lowest BCUT2D eigenvalue weighted by Crippen LogP contribution is -2.46. The molecule has 0 radical (unpaired) electrons. The van der Waals surface area contributed by atoms with Crippen LogP contribution < -0.4 is 5.73 Å². The van der Waals surface area contributed by atoms with Crippen molar-refractivity contribution in [2.24, 2.45) is 5.73 Å². The van der Waals surface area contributed by atoms with Gasteiger partial charge >= 0.3 is 0 Å². The van der Waals surface area contributed by atoms with Crippen LogP contribution in [0.1, 0.15) is 35.2 Å². The highest BCUT2D eigenvalue weighted by molar-refractivity contribution is 5.95. The Morgan fingerprint density at radius 2 is 2.04 bits per heavy atom. The Hall–Kier alpha value is -2.63. The van der Waals surface area contributed by atoms with Crippen LogP contribution in [-0.2, 0) is 17.8 Å². The van der Waals surface area contributed by atoms with Crippen molar-refractivity contribution in [1.29, 1.82) is 0 Å². The molecule has 1 aliphatic rings. The third-order valence-electron chi connectivity index (χ3n) is 4.53. The summed E-state index contributed by atoms with van der Waals surface area (Å²) in [7, 11) is 0. The van der Waals surface area contributed by atoms with Crippen LogP contribution in [0.4, 0.5) is 0 Å². The third kappa shape index (κ3) is 3.64. The van der Waals surface area contributed by atoms with Crippen LogP contribution in [0.25, 0.3) is 0 Å². The number of likely N-dealkylation sites (tertiary alicyclic amines) is 1. The summed E-state index contributed by atoms with van der Waals surface area (Å²) >= 11 is 0. The lowest BCUT2D eigenvalue weighted by Gasteiger charge is -2.36. The normalized spacial score (nSPS) is 17.7. The maximum absolute atomic E-state index is 12.8. The molecule has 2 heterocycles. The second-order valence-electron chi connectivity index (χ2n) is 6.16. The number of benzene rings is 1. The lowest BCUT2D eigenvalue weighted by molar-refractivity contribution is -0.134. The molecule has 6 nitrogen and oxygen atoms in total. The Kier molecular flexibility index (Phi) is 4.93. The van der Waals surface area contributed by atoms with Gasteiger partial charge in [0.1, 0.15) is 0 Å². The van der Waals surface area contributed by atoms with Gasteiger partial charge in [0.15, 0.2) is 0 Å². The fraction of sp³-hybridized carbons (Fsp3) is 0.389. The summed E-state index contributed by atoms with van der Waals surface area (Å²) in [6.45, 7) is 1.46. The van der Waals surface area contributed by atoms with Crippen LogP contribution >= 0.6 is 0 Å². The van der Waals surface area contributed by atoms with Gasteiger partial charge in [-0.15, -0.1) is 0 Å². The van der Waals surface area contributed by atoms with Gasteiger partial charge in [0.2, 0.25) is 11.8 Å². The smallest absolute Gasteiger partial charge is 0.248 e. The number of piperidine rings is 1. The standard InChI is InChI=1S/C18H22N4O2/c19-18(24)16-8-2-1-6-14(16)12-17(23)22-11-4-3-7-15(22)13-21-10-5-9-20-21/h1-2,5-6,8-10,15H,3-4,7,11-13H2,(H2,19,24). The summed E-state index contributed by atoms with van der Waals surface area (Å²) in [5.74, 6) is -0.453. The number of carbonyl (C=O) groups excluding carboxylic acids is 2. The molecule has 2 amide bonds. The second-order valence-corrected chi connectivity index (χ2v) is 6.16. The molecule has 1 unspecified atom stereocenters. The van der Waals surface area contributed by atoms with Gasteiger partial charge in [-0.1, -0.05) is 18.2 Å². The van der Waals surface area contributed by atoms with Gasteiger partial charge in [0, 0.05) is 24.5 Å². The molecule has 3 rings (SSSR count). The van der Waals surface area contributed by atoms with Gasteiger partial charge in [-0.05, 0) is 37.0 Å². The average molecular weight is 326 g/mol. The van der Waals surface area contributed by atoms with E-state index in [0.29, 0.717) is 17.7 Å². The predicted octanol–water partition coefficient (Wildman–Crippen LogP) is 1.61. The molecule has 0 bridgehead atoms. The first-order valence-corrected chi connectivity index (χ1v) is 8.30. The van der Waals surface area contributed by atoms with Crippen molar-refractivity contribution in [3.8, 4) is 0 Å². The van der Waals surface area contributed by atoms with E-state index < -0.39 is 5.91 Å². The summed E-state index contributed by atoms with van der Waals surface area (Å²) < 4.78 is 1.87. The summed E-state index contributed by atoms with van der Waals surface area (Å²) in [6.07, 6.45) is 6.97. The number of hydrogen-bond donors (Lipinski definition) is 1. The number of primary amides is 1. The van der Waals surface area contributed by atoms with Gasteiger partial charge in [0.05, 0.1) is 19.0 Å². The molecule has 1 fully saturated rings. The Morgan fingerprint density at radius 1 is 1.21 bits per heavy atom. The van der Waals surface area contributed by atoms with Gasteiger partial charge < -0.3 is 10.6 Å². The van der Waals surface area contributed by atoms with Crippen LogP contribution in [0.3, 0.4) is 0 Å². The monoisotopic (exact) mass is 326 g/mol. The van der Waals surface area contributed by atoms with Crippen molar-refractivity contribution in [2.75, 3.05) is 6.54 Å². The maximum Gasteiger partial charge on any atom is 0.248 e. The molecule has 2 aromatic rings. The first kappa shape index (κ1) is 16.2. The molecule has 2 N–H and O–H groups in total. The minimum atomic E-state index is -0.495. The highest BCUT2D eigenvalue weighted by Crippen LogP contribution is 2.20. The van der Waals surface area contributed by atoms with Crippen LogP contribution in [-0.4, -0.2) is 39.1 Å². The van der Waals surface area contributed by atoms with E-state index in [2.05, 4.69) is 5.10 Å². The average Bonchev–Trinajstić information content (AvgIpc) is 3.08. The van der Waals surface area contributed by atoms with E-state index in [1.54, 1.807) is 24.4 Å². The first-order valence-electron chi connectivity index (χ1n) is 8.30. The van der Waals surface area contributed by atoms with E-state index in [-0.39, 0.29) is 18.4 Å². The van der Waals surface area contributed by atoms with Gasteiger partial charge in [-0.3, -0.25) is 14.3 Å². The summed E-state index contributed by atoms with van der Waals surface area (Å²) in [6, 6.07) is 9.08. The number of carbonyl (C=O) groups is 2. The minimum absolute atomic E-state index is 0.0422. The second kappa shape index (κ2) is 7.29. The Balaban J connectivity index is 1.74. The van der Waals surface area contributed by atoms with Crippen molar-refractivity contribution < 1.29 is 9.59 Å². The van der Waals surface area contributed by atoms with Crippen molar-refractivity contribution in [3.63, 3.8) is 0 Å². The molecular weight excluding hydrogens is 304 g/mol. The molecule has 1 aromatic heterocycles. The fourth-order valence-electron chi connectivity index (χ4n) is 3.32. The Morgan fingerprint density at radius 3 is 2.79 bits per heavy atom. The molecule has 0 spiro atoms. The largest absolute Gasteiger partial charge is 0.366 e. The molecule has 1 atom stereocenters. The summed E-state index contributed by atoms with van der Waals surface area (Å²) in [4.78, 5) is 26.3. The van der Waals surface area contributed by atoms with E-state index in [4.69, 9.17) is 5.73 Å². The van der Waals surface area contributed by atoms with Crippen LogP contribution in [0.5, 0.6) is 0 Å². The number of hydrogen-bond acceptors (Lipinski definition) is 3. The number of nitrogens with zero attached hydrogens (tertiary/aromatic N) is 3. The van der Waals surface area contributed by atoms with E-state index in [1.165, 1.54) is 0 Å². The van der Waals surface area contributed by atoms with Crippen LogP contribution in [0.2, 0.25) is 0 Å². The summed E-state index contributed by atoms with van der Waals surface area (Å²) in [5, 5.41) is 4.24. The van der Waals surface area contributed by atoms with Crippen molar-refractivity contribution >= 4 is 11.8 Å². The molecule has 126 valence electrons. The topological polar surface area (TPSA) is 81.2 Å². The molecule has 0 saturated carbocycles. The minimum Gasteiger partial charge on any atom is -0.366 e. The molecule has 1 aromatic carbocycles. The SMILES string of the molecule is NC(=O)c1ccccc1CC(=O)N1CCCCC1Cn1cccn1. The summed E-state index contributed by atoms with van der Waals surface area (Å²) in [5.41, 5.74) is 6.53. The zero-order valence-electron chi connectivity index (χ0n) is 13.6. The van der Waals surface area contributed by atoms with E-state index in [0.717, 1.165) is 25.8 Å². The molecule has 0 aliphatic carbocycles. The zero-order valence-corrected chi connectivity index (χ0v) is 13.6.